The monoisotopic (exact) mass is 439 g/mol. The van der Waals surface area contributed by atoms with Gasteiger partial charge in [-0.1, -0.05) is 97.1 Å². The quantitative estimate of drug-likeness (QED) is 0.274. The second-order valence-electron chi connectivity index (χ2n) is 7.97. The van der Waals surface area contributed by atoms with Crippen LogP contribution >= 0.6 is 8.16 Å². The van der Waals surface area contributed by atoms with Gasteiger partial charge in [-0.05, 0) is 37.1 Å². The van der Waals surface area contributed by atoms with Crippen LogP contribution < -0.4 is 4.67 Å². The summed E-state index contributed by atoms with van der Waals surface area (Å²) in [6.45, 7) is 4.46. The van der Waals surface area contributed by atoms with Crippen LogP contribution in [0.25, 0.3) is 21.9 Å². The molecule has 0 aliphatic heterocycles. The minimum absolute atomic E-state index is 0.0925. The lowest BCUT2D eigenvalue weighted by molar-refractivity contribution is 0.558. The average Bonchev–Trinajstić information content (AvgIpc) is 3.02. The van der Waals surface area contributed by atoms with Crippen molar-refractivity contribution in [3.63, 3.8) is 0 Å². The molecule has 0 unspecified atom stereocenters. The largest absolute Gasteiger partial charge is 0.408 e. The third-order valence-corrected chi connectivity index (χ3v) is 7.74. The first-order valence-electron chi connectivity index (χ1n) is 10.9. The summed E-state index contributed by atoms with van der Waals surface area (Å²) in [6, 6.07) is 37.7. The van der Waals surface area contributed by atoms with Crippen molar-refractivity contribution in [2.75, 3.05) is 4.67 Å². The van der Waals surface area contributed by atoms with Crippen LogP contribution in [0.1, 0.15) is 37.1 Å². The van der Waals surface area contributed by atoms with Gasteiger partial charge in [-0.15, -0.1) is 0 Å². The van der Waals surface area contributed by atoms with Crippen molar-refractivity contribution in [1.82, 2.24) is 0 Å². The van der Waals surface area contributed by atoms with Crippen molar-refractivity contribution in [3.8, 4) is 0 Å². The Balaban J connectivity index is 1.77. The van der Waals surface area contributed by atoms with E-state index in [1.54, 1.807) is 0 Å². The SMILES string of the molecule is C[C@@H](c1ccccc1)N([C@@H](C)c1ccccc1)p1oc2ccccc2c2ccccc2o1. The van der Waals surface area contributed by atoms with Crippen molar-refractivity contribution in [2.45, 2.75) is 25.9 Å². The van der Waals surface area contributed by atoms with E-state index in [4.69, 9.17) is 8.39 Å². The fraction of sp³-hybridized carbons (Fsp3) is 0.143. The Bertz CT molecular complexity index is 1260. The fourth-order valence-electron chi connectivity index (χ4n) is 4.21. The van der Waals surface area contributed by atoms with Gasteiger partial charge in [0.2, 0.25) is 0 Å². The molecule has 160 valence electrons. The number of nitrogens with zero attached hydrogens (tertiary/aromatic N) is 1. The lowest BCUT2D eigenvalue weighted by Gasteiger charge is -2.31. The third-order valence-electron chi connectivity index (χ3n) is 5.96. The summed E-state index contributed by atoms with van der Waals surface area (Å²) in [5.74, 6) is 0. The molecule has 0 spiro atoms. The van der Waals surface area contributed by atoms with Gasteiger partial charge in [0.25, 0.3) is 0 Å². The normalized spacial score (nSPS) is 13.3. The number of benzene rings is 4. The molecule has 0 radical (unpaired) electrons. The van der Waals surface area contributed by atoms with Crippen molar-refractivity contribution < 1.29 is 8.39 Å². The minimum atomic E-state index is -1.43. The Morgan fingerprint density at radius 3 is 1.34 bits per heavy atom. The summed E-state index contributed by atoms with van der Waals surface area (Å²) >= 11 is 0. The molecule has 2 atom stereocenters. The smallest absolute Gasteiger partial charge is 0.310 e. The van der Waals surface area contributed by atoms with E-state index in [2.05, 4.69) is 91.3 Å². The highest BCUT2D eigenvalue weighted by Crippen LogP contribution is 2.45. The van der Waals surface area contributed by atoms with Crippen LogP contribution in [0, 0.1) is 0 Å². The van der Waals surface area contributed by atoms with Gasteiger partial charge < -0.3 is 8.39 Å². The van der Waals surface area contributed by atoms with Crippen molar-refractivity contribution in [1.29, 1.82) is 0 Å². The zero-order valence-electron chi connectivity index (χ0n) is 18.3. The van der Waals surface area contributed by atoms with Gasteiger partial charge >= 0.3 is 8.16 Å². The van der Waals surface area contributed by atoms with Crippen LogP contribution in [0.5, 0.6) is 0 Å². The third kappa shape index (κ3) is 3.98. The molecule has 0 bridgehead atoms. The van der Waals surface area contributed by atoms with Crippen LogP contribution in [-0.2, 0) is 0 Å². The average molecular weight is 439 g/mol. The molecule has 0 saturated carbocycles. The molecule has 0 fully saturated rings. The first-order chi connectivity index (χ1) is 15.7. The molecule has 0 N–H and O–H groups in total. The van der Waals surface area contributed by atoms with Crippen LogP contribution in [0.3, 0.4) is 0 Å². The topological polar surface area (TPSA) is 29.5 Å². The molecule has 0 aliphatic carbocycles. The molecule has 5 rings (SSSR count). The molecule has 32 heavy (non-hydrogen) atoms. The maximum Gasteiger partial charge on any atom is 0.310 e. The molecule has 5 aromatic rings. The highest BCUT2D eigenvalue weighted by atomic mass is 31.1. The maximum absolute atomic E-state index is 6.66. The van der Waals surface area contributed by atoms with Crippen molar-refractivity contribution in [3.05, 3.63) is 120 Å². The first-order valence-corrected chi connectivity index (χ1v) is 12.1. The molecular formula is C28H26NO2P. The lowest BCUT2D eigenvalue weighted by Crippen LogP contribution is -2.27. The van der Waals surface area contributed by atoms with Gasteiger partial charge in [0, 0.05) is 22.9 Å². The Morgan fingerprint density at radius 1 is 0.531 bits per heavy atom. The summed E-state index contributed by atoms with van der Waals surface area (Å²) in [5.41, 5.74) is 4.18. The standard InChI is InChI=1S/C28H26NO2P/c1-21(23-13-5-3-6-14-23)29(22(2)24-15-7-4-8-16-24)32-30-27-19-11-9-17-25(27)26-18-10-12-20-28(26)31-32/h3-22H,1-2H3/t21-,22-/m0/s1. The van der Waals surface area contributed by atoms with Crippen LogP contribution in [0.2, 0.25) is 0 Å². The molecule has 3 nitrogen and oxygen atoms in total. The van der Waals surface area contributed by atoms with E-state index in [1.807, 2.05) is 36.4 Å². The van der Waals surface area contributed by atoms with E-state index in [0.29, 0.717) is 0 Å². The van der Waals surface area contributed by atoms with Gasteiger partial charge in [-0.25, -0.2) is 0 Å². The number of rotatable bonds is 5. The summed E-state index contributed by atoms with van der Waals surface area (Å²) in [6.07, 6.45) is 0. The fourth-order valence-corrected chi connectivity index (χ4v) is 5.92. The highest BCUT2D eigenvalue weighted by Gasteiger charge is 2.28. The van der Waals surface area contributed by atoms with Gasteiger partial charge in [0.05, 0.1) is 0 Å². The summed E-state index contributed by atoms with van der Waals surface area (Å²) in [4.78, 5) is 0. The van der Waals surface area contributed by atoms with Gasteiger partial charge in [-0.2, -0.15) is 4.67 Å². The van der Waals surface area contributed by atoms with Gasteiger partial charge in [0.15, 0.2) is 0 Å². The van der Waals surface area contributed by atoms with Crippen molar-refractivity contribution in [2.24, 2.45) is 0 Å². The molecular weight excluding hydrogens is 413 g/mol. The van der Waals surface area contributed by atoms with E-state index in [9.17, 15) is 0 Å². The predicted molar refractivity (Wildman–Crippen MR) is 134 cm³/mol. The van der Waals surface area contributed by atoms with Crippen LogP contribution in [0.4, 0.5) is 0 Å². The Labute approximate surface area is 189 Å². The lowest BCUT2D eigenvalue weighted by atomic mass is 10.0. The Morgan fingerprint density at radius 2 is 0.906 bits per heavy atom. The summed E-state index contributed by atoms with van der Waals surface area (Å²) in [5, 5.41) is 2.13. The predicted octanol–water partition coefficient (Wildman–Crippen LogP) is 8.75. The second-order valence-corrected chi connectivity index (χ2v) is 9.27. The molecule has 0 amide bonds. The highest BCUT2D eigenvalue weighted by molar-refractivity contribution is 7.39. The van der Waals surface area contributed by atoms with Crippen LogP contribution in [0.15, 0.2) is 118 Å². The van der Waals surface area contributed by atoms with Gasteiger partial charge in [-0.3, -0.25) is 0 Å². The van der Waals surface area contributed by atoms with E-state index >= 15 is 0 Å². The molecule has 1 aromatic heterocycles. The number of fused-ring (bicyclic) bond motifs is 3. The van der Waals surface area contributed by atoms with Crippen LogP contribution in [-0.4, -0.2) is 0 Å². The molecule has 4 heteroatoms. The number of hydrogen-bond acceptors (Lipinski definition) is 3. The minimum Gasteiger partial charge on any atom is -0.408 e. The van der Waals surface area contributed by atoms with Gasteiger partial charge in [0.1, 0.15) is 11.2 Å². The molecule has 0 aliphatic rings. The Hall–Kier alpha value is -3.26. The first kappa shape index (κ1) is 20.6. The Kier molecular flexibility index (Phi) is 5.85. The summed E-state index contributed by atoms with van der Waals surface area (Å²) in [7, 11) is -1.43. The van der Waals surface area contributed by atoms with E-state index in [-0.39, 0.29) is 12.1 Å². The zero-order valence-corrected chi connectivity index (χ0v) is 19.2. The molecule has 0 saturated heterocycles. The molecule has 1 heterocycles. The number of hydrogen-bond donors (Lipinski definition) is 0. The summed E-state index contributed by atoms with van der Waals surface area (Å²) < 4.78 is 15.7. The number of para-hydroxylation sites is 2. The van der Waals surface area contributed by atoms with Crippen molar-refractivity contribution >= 4 is 30.1 Å². The zero-order chi connectivity index (χ0) is 21.9. The van der Waals surface area contributed by atoms with E-state index < -0.39 is 8.16 Å². The molecule has 4 aromatic carbocycles. The van der Waals surface area contributed by atoms with E-state index in [1.165, 1.54) is 11.1 Å². The second kappa shape index (κ2) is 9.08. The maximum atomic E-state index is 6.66. The van der Waals surface area contributed by atoms with E-state index in [0.717, 1.165) is 21.9 Å².